The third-order valence-electron chi connectivity index (χ3n) is 5.12. The van der Waals surface area contributed by atoms with E-state index < -0.39 is 5.97 Å². The van der Waals surface area contributed by atoms with Crippen LogP contribution in [0.5, 0.6) is 5.75 Å². The maximum absolute atomic E-state index is 11.6. The number of rotatable bonds is 9. The molecular formula is C24H24N4O4. The van der Waals surface area contributed by atoms with Gasteiger partial charge in [-0.15, -0.1) is 5.10 Å². The molecule has 0 atom stereocenters. The van der Waals surface area contributed by atoms with Crippen LogP contribution in [0.15, 0.2) is 59.0 Å². The summed E-state index contributed by atoms with van der Waals surface area (Å²) in [6.45, 7) is 4.67. The maximum Gasteiger partial charge on any atom is 0.358 e. The molecule has 1 N–H and O–H groups in total. The third-order valence-corrected chi connectivity index (χ3v) is 5.12. The second-order valence-electron chi connectivity index (χ2n) is 7.49. The Hall–Kier alpha value is -3.94. The van der Waals surface area contributed by atoms with Gasteiger partial charge in [0, 0.05) is 19.8 Å². The molecule has 0 aliphatic rings. The van der Waals surface area contributed by atoms with Crippen molar-refractivity contribution in [1.82, 2.24) is 20.0 Å². The van der Waals surface area contributed by atoms with Crippen molar-refractivity contribution in [1.29, 1.82) is 0 Å². The largest absolute Gasteiger partial charge is 0.493 e. The summed E-state index contributed by atoms with van der Waals surface area (Å²) in [6, 6.07) is 17.4. The maximum atomic E-state index is 11.6. The lowest BCUT2D eigenvalue weighted by atomic mass is 10.1. The molecule has 0 fully saturated rings. The molecule has 2 aromatic carbocycles. The van der Waals surface area contributed by atoms with Crippen LogP contribution in [-0.2, 0) is 19.4 Å². The van der Waals surface area contributed by atoms with Gasteiger partial charge < -0.3 is 14.3 Å². The fraction of sp³-hybridized carbons (Fsp3) is 0.250. The van der Waals surface area contributed by atoms with Gasteiger partial charge >= 0.3 is 5.97 Å². The highest BCUT2D eigenvalue weighted by Crippen LogP contribution is 2.19. The molecular weight excluding hydrogens is 408 g/mol. The van der Waals surface area contributed by atoms with Crippen LogP contribution in [0.1, 0.15) is 44.7 Å². The van der Waals surface area contributed by atoms with Crippen molar-refractivity contribution < 1.29 is 19.1 Å². The Morgan fingerprint density at radius 1 is 1.06 bits per heavy atom. The smallest absolute Gasteiger partial charge is 0.358 e. The number of aromatic carboxylic acids is 1. The monoisotopic (exact) mass is 432 g/mol. The lowest BCUT2D eigenvalue weighted by Crippen LogP contribution is -2.10. The summed E-state index contributed by atoms with van der Waals surface area (Å²) in [5.41, 5.74) is 3.40. The number of hydrogen-bond donors (Lipinski definition) is 1. The van der Waals surface area contributed by atoms with E-state index in [-0.39, 0.29) is 5.69 Å². The lowest BCUT2D eigenvalue weighted by molar-refractivity contribution is 0.0689. The van der Waals surface area contributed by atoms with Crippen molar-refractivity contribution in [3.05, 3.63) is 94.5 Å². The minimum atomic E-state index is -1.09. The van der Waals surface area contributed by atoms with Gasteiger partial charge in [0.2, 0.25) is 0 Å². The van der Waals surface area contributed by atoms with Crippen molar-refractivity contribution in [2.45, 2.75) is 33.2 Å². The van der Waals surface area contributed by atoms with Gasteiger partial charge in [0.05, 0.1) is 24.5 Å². The average molecular weight is 432 g/mol. The van der Waals surface area contributed by atoms with Crippen LogP contribution in [0, 0.1) is 13.8 Å². The molecule has 4 rings (SSSR count). The van der Waals surface area contributed by atoms with Gasteiger partial charge in [-0.25, -0.2) is 14.5 Å². The number of carboxylic acid groups (broad SMARTS) is 1. The molecule has 0 unspecified atom stereocenters. The number of hydrogen-bond acceptors (Lipinski definition) is 6. The standard InChI is InChI=1S/C24H24N4O4/c1-16-21(25-17(2)32-16)12-13-31-20-10-8-18(9-11-20)14-22-23(24(29)30)26-27-28(22)15-19-6-4-3-5-7-19/h3-11H,12-15H2,1-2H3,(H,29,30). The van der Waals surface area contributed by atoms with Crippen molar-refractivity contribution in [3.8, 4) is 5.75 Å². The first kappa shape index (κ1) is 21.3. The minimum Gasteiger partial charge on any atom is -0.493 e. The summed E-state index contributed by atoms with van der Waals surface area (Å²) in [4.78, 5) is 16.0. The molecule has 2 aromatic heterocycles. The van der Waals surface area contributed by atoms with Gasteiger partial charge in [0.15, 0.2) is 11.6 Å². The number of oxazole rings is 1. The van der Waals surface area contributed by atoms with Crippen LogP contribution in [0.2, 0.25) is 0 Å². The molecule has 8 nitrogen and oxygen atoms in total. The van der Waals surface area contributed by atoms with E-state index in [1.807, 2.05) is 68.4 Å². The van der Waals surface area contributed by atoms with Crippen LogP contribution in [0.25, 0.3) is 0 Å². The van der Waals surface area contributed by atoms with Crippen LogP contribution in [0.3, 0.4) is 0 Å². The molecule has 2 heterocycles. The van der Waals surface area contributed by atoms with Gasteiger partial charge in [-0.2, -0.15) is 0 Å². The third kappa shape index (κ3) is 5.03. The Morgan fingerprint density at radius 2 is 1.81 bits per heavy atom. The van der Waals surface area contributed by atoms with Crippen molar-refractivity contribution in [2.24, 2.45) is 0 Å². The lowest BCUT2D eigenvalue weighted by Gasteiger charge is -2.09. The van der Waals surface area contributed by atoms with E-state index in [2.05, 4.69) is 15.3 Å². The number of carbonyl (C=O) groups is 1. The number of aryl methyl sites for hydroxylation is 2. The number of carboxylic acids is 1. The van der Waals surface area contributed by atoms with Gasteiger partial charge in [-0.3, -0.25) is 0 Å². The predicted molar refractivity (Wildman–Crippen MR) is 117 cm³/mol. The first-order chi connectivity index (χ1) is 15.5. The Morgan fingerprint density at radius 3 is 2.47 bits per heavy atom. The molecule has 164 valence electrons. The quantitative estimate of drug-likeness (QED) is 0.428. The van der Waals surface area contributed by atoms with Crippen molar-refractivity contribution in [2.75, 3.05) is 6.61 Å². The molecule has 0 aliphatic heterocycles. The number of aromatic nitrogens is 4. The summed E-state index contributed by atoms with van der Waals surface area (Å²) in [5, 5.41) is 17.5. The molecule has 0 spiro atoms. The topological polar surface area (TPSA) is 103 Å². The summed E-state index contributed by atoms with van der Waals surface area (Å²) in [7, 11) is 0. The SMILES string of the molecule is Cc1nc(CCOc2ccc(Cc3c(C(=O)O)nnn3Cc3ccccc3)cc2)c(C)o1. The van der Waals surface area contributed by atoms with E-state index in [1.54, 1.807) is 4.68 Å². The zero-order valence-corrected chi connectivity index (χ0v) is 18.0. The average Bonchev–Trinajstić information content (AvgIpc) is 3.32. The highest BCUT2D eigenvalue weighted by molar-refractivity contribution is 5.86. The van der Waals surface area contributed by atoms with E-state index in [9.17, 15) is 9.90 Å². The molecule has 0 aliphatic carbocycles. The fourth-order valence-corrected chi connectivity index (χ4v) is 3.52. The molecule has 8 heteroatoms. The van der Waals surface area contributed by atoms with Crippen LogP contribution in [-0.4, -0.2) is 37.7 Å². The molecule has 32 heavy (non-hydrogen) atoms. The van der Waals surface area contributed by atoms with Crippen LogP contribution >= 0.6 is 0 Å². The highest BCUT2D eigenvalue weighted by atomic mass is 16.5. The van der Waals surface area contributed by atoms with Crippen LogP contribution in [0.4, 0.5) is 0 Å². The second-order valence-corrected chi connectivity index (χ2v) is 7.49. The molecule has 0 saturated carbocycles. The van der Waals surface area contributed by atoms with E-state index in [4.69, 9.17) is 9.15 Å². The summed E-state index contributed by atoms with van der Waals surface area (Å²) < 4.78 is 12.9. The zero-order valence-electron chi connectivity index (χ0n) is 18.0. The summed E-state index contributed by atoms with van der Waals surface area (Å²) >= 11 is 0. The Bertz CT molecular complexity index is 1200. The van der Waals surface area contributed by atoms with Crippen molar-refractivity contribution in [3.63, 3.8) is 0 Å². The molecule has 0 saturated heterocycles. The normalized spacial score (nSPS) is 10.9. The van der Waals surface area contributed by atoms with Gasteiger partial charge in [-0.1, -0.05) is 47.7 Å². The number of ether oxygens (including phenoxy) is 1. The number of nitrogens with zero attached hydrogens (tertiary/aromatic N) is 4. The molecule has 4 aromatic rings. The fourth-order valence-electron chi connectivity index (χ4n) is 3.52. The second kappa shape index (κ2) is 9.47. The van der Waals surface area contributed by atoms with Gasteiger partial charge in [0.1, 0.15) is 11.5 Å². The van der Waals surface area contributed by atoms with Crippen LogP contribution < -0.4 is 4.74 Å². The Balaban J connectivity index is 1.43. The number of benzene rings is 2. The van der Waals surface area contributed by atoms with Crippen molar-refractivity contribution >= 4 is 5.97 Å². The first-order valence-corrected chi connectivity index (χ1v) is 10.3. The van der Waals surface area contributed by atoms with E-state index in [0.29, 0.717) is 37.6 Å². The van der Waals surface area contributed by atoms with Gasteiger partial charge in [0.25, 0.3) is 0 Å². The Kier molecular flexibility index (Phi) is 6.30. The zero-order chi connectivity index (χ0) is 22.5. The summed E-state index contributed by atoms with van der Waals surface area (Å²) in [6.07, 6.45) is 1.07. The minimum absolute atomic E-state index is 0.0282. The highest BCUT2D eigenvalue weighted by Gasteiger charge is 2.19. The van der Waals surface area contributed by atoms with E-state index >= 15 is 0 Å². The van der Waals surface area contributed by atoms with Gasteiger partial charge in [-0.05, 0) is 30.2 Å². The molecule has 0 amide bonds. The van der Waals surface area contributed by atoms with E-state index in [0.717, 1.165) is 28.3 Å². The summed E-state index contributed by atoms with van der Waals surface area (Å²) in [5.74, 6) is 1.12. The first-order valence-electron chi connectivity index (χ1n) is 10.3. The molecule has 0 radical (unpaired) electrons. The molecule has 0 bridgehead atoms. The predicted octanol–water partition coefficient (Wildman–Crippen LogP) is 3.84. The Labute approximate surface area is 185 Å². The van der Waals surface area contributed by atoms with E-state index in [1.165, 1.54) is 0 Å².